The minimum Gasteiger partial charge on any atom is -0.476 e. The highest BCUT2D eigenvalue weighted by Crippen LogP contribution is 2.28. The van der Waals surface area contributed by atoms with Gasteiger partial charge in [0.2, 0.25) is 0 Å². The third-order valence-electron chi connectivity index (χ3n) is 3.28. The fourth-order valence-corrected chi connectivity index (χ4v) is 2.31. The van der Waals surface area contributed by atoms with E-state index in [1.54, 1.807) is 6.92 Å². The van der Waals surface area contributed by atoms with Gasteiger partial charge >= 0.3 is 11.9 Å². The predicted octanol–water partition coefficient (Wildman–Crippen LogP) is 1.32. The summed E-state index contributed by atoms with van der Waals surface area (Å²) in [6.45, 7) is 2.19. The number of carboxylic acid groups (broad SMARTS) is 1. The van der Waals surface area contributed by atoms with Crippen LogP contribution in [0.4, 0.5) is 5.82 Å². The number of aromatic carboxylic acids is 1. The summed E-state index contributed by atoms with van der Waals surface area (Å²) in [6.07, 6.45) is 4.94. The largest absolute Gasteiger partial charge is 0.476 e. The molecule has 0 spiro atoms. The quantitative estimate of drug-likeness (QED) is 0.784. The fraction of sp³-hybridized carbons (Fsp3) is 0.538. The van der Waals surface area contributed by atoms with Crippen molar-refractivity contribution in [1.82, 2.24) is 9.97 Å². The zero-order chi connectivity index (χ0) is 14.5. The molecule has 0 saturated heterocycles. The van der Waals surface area contributed by atoms with Crippen molar-refractivity contribution in [1.29, 1.82) is 0 Å². The Bertz CT molecular complexity index is 489. The standard InChI is InChI=1S/C13H17N3O4/c1-2-20-13(19)8-3-4-9(5-8)16-11-7-14-10(6-15-11)12(17)18/h6-9H,2-5H2,1H3,(H,15,16)(H,17,18)/t8-,9+/m1/s1. The second kappa shape index (κ2) is 6.31. The predicted molar refractivity (Wildman–Crippen MR) is 70.4 cm³/mol. The van der Waals surface area contributed by atoms with Crippen LogP contribution in [0.3, 0.4) is 0 Å². The van der Waals surface area contributed by atoms with E-state index in [1.165, 1.54) is 12.4 Å². The molecular weight excluding hydrogens is 262 g/mol. The number of nitrogens with zero attached hydrogens (tertiary/aromatic N) is 2. The van der Waals surface area contributed by atoms with E-state index < -0.39 is 5.97 Å². The van der Waals surface area contributed by atoms with Gasteiger partial charge in [-0.25, -0.2) is 14.8 Å². The summed E-state index contributed by atoms with van der Waals surface area (Å²) in [7, 11) is 0. The number of aromatic nitrogens is 2. The number of carbonyl (C=O) groups excluding carboxylic acids is 1. The molecule has 7 nitrogen and oxygen atoms in total. The lowest BCUT2D eigenvalue weighted by molar-refractivity contribution is -0.147. The molecule has 0 aliphatic heterocycles. The molecule has 7 heteroatoms. The smallest absolute Gasteiger partial charge is 0.356 e. The molecule has 1 aliphatic carbocycles. The van der Waals surface area contributed by atoms with E-state index in [9.17, 15) is 9.59 Å². The van der Waals surface area contributed by atoms with Crippen molar-refractivity contribution in [3.63, 3.8) is 0 Å². The van der Waals surface area contributed by atoms with Gasteiger partial charge in [-0.3, -0.25) is 4.79 Å². The Kier molecular flexibility index (Phi) is 4.49. The van der Waals surface area contributed by atoms with E-state index in [1.807, 2.05) is 0 Å². The van der Waals surface area contributed by atoms with E-state index in [2.05, 4.69) is 15.3 Å². The first-order valence-corrected chi connectivity index (χ1v) is 6.58. The average molecular weight is 279 g/mol. The summed E-state index contributed by atoms with van der Waals surface area (Å²) < 4.78 is 5.01. The molecule has 1 heterocycles. The number of anilines is 1. The van der Waals surface area contributed by atoms with Crippen molar-refractivity contribution >= 4 is 17.8 Å². The maximum atomic E-state index is 11.6. The van der Waals surface area contributed by atoms with E-state index in [4.69, 9.17) is 9.84 Å². The first-order chi connectivity index (χ1) is 9.60. The van der Waals surface area contributed by atoms with Crippen LogP contribution in [0, 0.1) is 5.92 Å². The van der Waals surface area contributed by atoms with Crippen LogP contribution in [0.1, 0.15) is 36.7 Å². The highest BCUT2D eigenvalue weighted by molar-refractivity contribution is 5.84. The molecule has 108 valence electrons. The molecule has 0 amide bonds. The molecule has 0 radical (unpaired) electrons. The lowest BCUT2D eigenvalue weighted by Gasteiger charge is -2.13. The molecule has 2 N–H and O–H groups in total. The number of carbonyl (C=O) groups is 2. The van der Waals surface area contributed by atoms with Gasteiger partial charge in [-0.1, -0.05) is 0 Å². The van der Waals surface area contributed by atoms with Gasteiger partial charge in [0.05, 0.1) is 24.9 Å². The Hall–Kier alpha value is -2.18. The molecule has 2 rings (SSSR count). The number of hydrogen-bond donors (Lipinski definition) is 2. The van der Waals surface area contributed by atoms with Crippen LogP contribution in [0.5, 0.6) is 0 Å². The molecule has 20 heavy (non-hydrogen) atoms. The molecule has 0 bridgehead atoms. The van der Waals surface area contributed by atoms with Crippen LogP contribution in [-0.2, 0) is 9.53 Å². The Morgan fingerprint density at radius 2 is 2.20 bits per heavy atom. The van der Waals surface area contributed by atoms with Crippen molar-refractivity contribution in [3.8, 4) is 0 Å². The topological polar surface area (TPSA) is 101 Å². The number of rotatable bonds is 5. The maximum absolute atomic E-state index is 11.6. The number of carboxylic acids is 1. The first kappa shape index (κ1) is 14.2. The molecule has 1 saturated carbocycles. The van der Waals surface area contributed by atoms with E-state index >= 15 is 0 Å². The van der Waals surface area contributed by atoms with Gasteiger partial charge < -0.3 is 15.2 Å². The lowest BCUT2D eigenvalue weighted by Crippen LogP contribution is -2.20. The van der Waals surface area contributed by atoms with Crippen molar-refractivity contribution in [3.05, 3.63) is 18.1 Å². The Balaban J connectivity index is 1.88. The minimum absolute atomic E-state index is 0.0706. The van der Waals surface area contributed by atoms with Crippen LogP contribution >= 0.6 is 0 Å². The lowest BCUT2D eigenvalue weighted by atomic mass is 10.1. The van der Waals surface area contributed by atoms with Gasteiger partial charge in [0.1, 0.15) is 5.82 Å². The molecular formula is C13H17N3O4. The summed E-state index contributed by atoms with van der Waals surface area (Å²) in [4.78, 5) is 30.1. The van der Waals surface area contributed by atoms with Gasteiger partial charge in [0, 0.05) is 6.04 Å². The Labute approximate surface area is 116 Å². The van der Waals surface area contributed by atoms with Crippen LogP contribution < -0.4 is 5.32 Å². The zero-order valence-electron chi connectivity index (χ0n) is 11.2. The van der Waals surface area contributed by atoms with E-state index in [0.29, 0.717) is 18.8 Å². The highest BCUT2D eigenvalue weighted by atomic mass is 16.5. The van der Waals surface area contributed by atoms with Gasteiger partial charge in [-0.05, 0) is 26.2 Å². The van der Waals surface area contributed by atoms with Gasteiger partial charge in [-0.15, -0.1) is 0 Å². The van der Waals surface area contributed by atoms with E-state index in [-0.39, 0.29) is 23.6 Å². The molecule has 1 fully saturated rings. The van der Waals surface area contributed by atoms with Crippen LogP contribution in [0.15, 0.2) is 12.4 Å². The van der Waals surface area contributed by atoms with E-state index in [0.717, 1.165) is 12.8 Å². The average Bonchev–Trinajstić information content (AvgIpc) is 2.88. The molecule has 1 aromatic heterocycles. The summed E-state index contributed by atoms with van der Waals surface area (Å²) in [6, 6.07) is 0.134. The number of nitrogens with one attached hydrogen (secondary N) is 1. The fourth-order valence-electron chi connectivity index (χ4n) is 2.31. The summed E-state index contributed by atoms with van der Waals surface area (Å²) in [5, 5.41) is 11.9. The summed E-state index contributed by atoms with van der Waals surface area (Å²) >= 11 is 0. The second-order valence-corrected chi connectivity index (χ2v) is 4.70. The zero-order valence-corrected chi connectivity index (χ0v) is 11.2. The Morgan fingerprint density at radius 1 is 1.40 bits per heavy atom. The number of esters is 1. The minimum atomic E-state index is -1.10. The van der Waals surface area contributed by atoms with Crippen LogP contribution in [-0.4, -0.2) is 39.7 Å². The maximum Gasteiger partial charge on any atom is 0.356 e. The Morgan fingerprint density at radius 3 is 2.80 bits per heavy atom. The summed E-state index contributed by atoms with van der Waals surface area (Å²) in [5.74, 6) is -0.806. The highest BCUT2D eigenvalue weighted by Gasteiger charge is 2.31. The molecule has 2 atom stereocenters. The third kappa shape index (κ3) is 3.43. The SMILES string of the molecule is CCOC(=O)[C@@H]1CC[C@H](Nc2cnc(C(=O)O)cn2)C1. The van der Waals surface area contributed by atoms with Gasteiger partial charge in [0.15, 0.2) is 5.69 Å². The first-order valence-electron chi connectivity index (χ1n) is 6.58. The van der Waals surface area contributed by atoms with Crippen molar-refractivity contribution < 1.29 is 19.4 Å². The van der Waals surface area contributed by atoms with Crippen molar-refractivity contribution in [2.24, 2.45) is 5.92 Å². The van der Waals surface area contributed by atoms with Crippen LogP contribution in [0.25, 0.3) is 0 Å². The van der Waals surface area contributed by atoms with Gasteiger partial charge in [0.25, 0.3) is 0 Å². The molecule has 0 aromatic carbocycles. The third-order valence-corrected chi connectivity index (χ3v) is 3.28. The summed E-state index contributed by atoms with van der Waals surface area (Å²) in [5.41, 5.74) is -0.0913. The number of ether oxygens (including phenoxy) is 1. The van der Waals surface area contributed by atoms with Crippen molar-refractivity contribution in [2.45, 2.75) is 32.2 Å². The molecule has 1 aromatic rings. The molecule has 1 aliphatic rings. The molecule has 0 unspecified atom stereocenters. The number of hydrogen-bond acceptors (Lipinski definition) is 6. The monoisotopic (exact) mass is 279 g/mol. The van der Waals surface area contributed by atoms with Gasteiger partial charge in [-0.2, -0.15) is 0 Å². The second-order valence-electron chi connectivity index (χ2n) is 4.70. The normalized spacial score (nSPS) is 21.4. The van der Waals surface area contributed by atoms with Crippen LogP contribution in [0.2, 0.25) is 0 Å². The van der Waals surface area contributed by atoms with Crippen molar-refractivity contribution in [2.75, 3.05) is 11.9 Å².